The molecule has 0 spiro atoms. The Bertz CT molecular complexity index is 840. The molecule has 2 aromatic carbocycles. The third kappa shape index (κ3) is 2.48. The van der Waals surface area contributed by atoms with Crippen LogP contribution in [0.5, 0.6) is 0 Å². The molecule has 0 atom stereocenters. The molecule has 0 fully saturated rings. The van der Waals surface area contributed by atoms with E-state index in [4.69, 9.17) is 4.42 Å². The molecule has 0 aliphatic carbocycles. The van der Waals surface area contributed by atoms with Crippen LogP contribution in [-0.4, -0.2) is 16.1 Å². The van der Waals surface area contributed by atoms with Gasteiger partial charge in [0.25, 0.3) is 0 Å². The Morgan fingerprint density at radius 1 is 1.14 bits per heavy atom. The number of nitrogens with zero attached hydrogens (tertiary/aromatic N) is 1. The first-order valence-electron chi connectivity index (χ1n) is 6.62. The summed E-state index contributed by atoms with van der Waals surface area (Å²) in [6.45, 7) is 1.63. The van der Waals surface area contributed by atoms with Crippen LogP contribution in [0.2, 0.25) is 0 Å². The van der Waals surface area contributed by atoms with Crippen LogP contribution in [0.15, 0.2) is 52.9 Å². The molecule has 0 unspecified atom stereocenters. The smallest absolute Gasteiger partial charge is 0.358 e. The average molecular weight is 297 g/mol. The molecule has 0 radical (unpaired) electrons. The minimum absolute atomic E-state index is 0.0465. The topological polar surface area (TPSA) is 63.3 Å². The molecule has 3 rings (SSSR count). The Hall–Kier alpha value is -2.95. The van der Waals surface area contributed by atoms with Gasteiger partial charge in [0.2, 0.25) is 5.89 Å². The Morgan fingerprint density at radius 3 is 2.50 bits per heavy atom. The van der Waals surface area contributed by atoms with Crippen LogP contribution in [0.25, 0.3) is 22.8 Å². The van der Waals surface area contributed by atoms with E-state index in [-0.39, 0.29) is 17.3 Å². The fraction of sp³-hybridized carbons (Fsp3) is 0.0588. The Labute approximate surface area is 125 Å². The van der Waals surface area contributed by atoms with Crippen molar-refractivity contribution in [3.8, 4) is 22.8 Å². The van der Waals surface area contributed by atoms with Crippen LogP contribution < -0.4 is 0 Å². The summed E-state index contributed by atoms with van der Waals surface area (Å²) in [5.41, 5.74) is 1.24. The van der Waals surface area contributed by atoms with E-state index in [1.165, 1.54) is 6.07 Å². The summed E-state index contributed by atoms with van der Waals surface area (Å²) in [5.74, 6) is -1.41. The fourth-order valence-corrected chi connectivity index (χ4v) is 2.10. The van der Waals surface area contributed by atoms with Crippen molar-refractivity contribution in [3.63, 3.8) is 0 Å². The zero-order chi connectivity index (χ0) is 15.7. The lowest BCUT2D eigenvalue weighted by atomic mass is 10.1. The minimum atomic E-state index is -1.22. The van der Waals surface area contributed by atoms with Gasteiger partial charge in [0.05, 0.1) is 0 Å². The predicted molar refractivity (Wildman–Crippen MR) is 79.0 cm³/mol. The number of rotatable bonds is 3. The van der Waals surface area contributed by atoms with Crippen LogP contribution >= 0.6 is 0 Å². The van der Waals surface area contributed by atoms with E-state index in [1.807, 2.05) is 6.07 Å². The lowest BCUT2D eigenvalue weighted by molar-refractivity contribution is 0.0691. The summed E-state index contributed by atoms with van der Waals surface area (Å²) in [7, 11) is 0. The van der Waals surface area contributed by atoms with Crippen molar-refractivity contribution in [1.82, 2.24) is 4.98 Å². The van der Waals surface area contributed by atoms with Crippen LogP contribution in [-0.2, 0) is 0 Å². The van der Waals surface area contributed by atoms with Crippen molar-refractivity contribution in [2.24, 2.45) is 0 Å². The molecule has 0 aliphatic rings. The predicted octanol–water partition coefficient (Wildman–Crippen LogP) is 4.15. The number of hydrogen-bond donors (Lipinski definition) is 1. The number of aromatic nitrogens is 1. The highest BCUT2D eigenvalue weighted by molar-refractivity contribution is 5.93. The summed E-state index contributed by atoms with van der Waals surface area (Å²) >= 11 is 0. The molecule has 3 aromatic rings. The summed E-state index contributed by atoms with van der Waals surface area (Å²) in [6, 6.07) is 13.4. The second kappa shape index (κ2) is 5.44. The van der Waals surface area contributed by atoms with Crippen LogP contribution in [0.4, 0.5) is 4.39 Å². The Balaban J connectivity index is 2.16. The van der Waals surface area contributed by atoms with E-state index in [2.05, 4.69) is 4.98 Å². The summed E-state index contributed by atoms with van der Waals surface area (Å²) < 4.78 is 19.3. The van der Waals surface area contributed by atoms with Crippen molar-refractivity contribution in [2.45, 2.75) is 6.92 Å². The molecule has 110 valence electrons. The number of hydrogen-bond acceptors (Lipinski definition) is 3. The third-order valence-corrected chi connectivity index (χ3v) is 3.28. The van der Waals surface area contributed by atoms with Gasteiger partial charge in [-0.1, -0.05) is 30.3 Å². The molecular formula is C17H12FNO3. The number of carboxylic acid groups (broad SMARTS) is 1. The highest BCUT2D eigenvalue weighted by Crippen LogP contribution is 2.30. The normalized spacial score (nSPS) is 10.6. The molecule has 0 saturated heterocycles. The molecule has 0 bridgehead atoms. The first-order chi connectivity index (χ1) is 10.6. The van der Waals surface area contributed by atoms with E-state index >= 15 is 0 Å². The van der Waals surface area contributed by atoms with Crippen LogP contribution in [0.3, 0.4) is 0 Å². The molecule has 1 heterocycles. The molecule has 5 heteroatoms. The highest BCUT2D eigenvalue weighted by atomic mass is 19.1. The van der Waals surface area contributed by atoms with Crippen molar-refractivity contribution in [1.29, 1.82) is 0 Å². The number of carboxylic acids is 1. The number of aromatic carboxylic acids is 1. The Kier molecular flexibility index (Phi) is 3.47. The third-order valence-electron chi connectivity index (χ3n) is 3.28. The molecule has 0 aliphatic heterocycles. The van der Waals surface area contributed by atoms with Gasteiger partial charge in [-0.25, -0.2) is 14.2 Å². The Morgan fingerprint density at radius 2 is 1.86 bits per heavy atom. The first kappa shape index (κ1) is 14.0. The van der Waals surface area contributed by atoms with E-state index in [9.17, 15) is 14.3 Å². The first-order valence-corrected chi connectivity index (χ1v) is 6.62. The number of aryl methyl sites for hydroxylation is 1. The van der Waals surface area contributed by atoms with Gasteiger partial charge in [0, 0.05) is 11.1 Å². The molecule has 1 aromatic heterocycles. The maximum Gasteiger partial charge on any atom is 0.358 e. The molecule has 22 heavy (non-hydrogen) atoms. The van der Waals surface area contributed by atoms with Crippen LogP contribution in [0, 0.1) is 12.7 Å². The van der Waals surface area contributed by atoms with E-state index in [0.29, 0.717) is 16.7 Å². The number of carbonyl (C=O) groups is 1. The van der Waals surface area contributed by atoms with Crippen molar-refractivity contribution in [3.05, 3.63) is 65.6 Å². The van der Waals surface area contributed by atoms with E-state index < -0.39 is 11.8 Å². The van der Waals surface area contributed by atoms with Crippen molar-refractivity contribution >= 4 is 5.97 Å². The number of benzene rings is 2. The van der Waals surface area contributed by atoms with Crippen molar-refractivity contribution in [2.75, 3.05) is 0 Å². The monoisotopic (exact) mass is 297 g/mol. The van der Waals surface area contributed by atoms with Gasteiger partial charge in [0.1, 0.15) is 5.82 Å². The lowest BCUT2D eigenvalue weighted by Crippen LogP contribution is -1.99. The zero-order valence-corrected chi connectivity index (χ0v) is 11.7. The van der Waals surface area contributed by atoms with Gasteiger partial charge in [-0.2, -0.15) is 0 Å². The summed E-state index contributed by atoms with van der Waals surface area (Å²) in [4.78, 5) is 15.4. The highest BCUT2D eigenvalue weighted by Gasteiger charge is 2.22. The lowest BCUT2D eigenvalue weighted by Gasteiger charge is -2.01. The maximum absolute atomic E-state index is 13.7. The van der Waals surface area contributed by atoms with Gasteiger partial charge in [-0.05, 0) is 30.7 Å². The zero-order valence-electron chi connectivity index (χ0n) is 11.7. The summed E-state index contributed by atoms with van der Waals surface area (Å²) in [5, 5.41) is 9.29. The molecule has 1 N–H and O–H groups in total. The standard InChI is InChI=1S/C17H12FNO3/c1-10-7-8-12(9-13(10)18)15-14(17(20)21)19-16(22-15)11-5-3-2-4-6-11/h2-9H,1H3,(H,20,21). The molecule has 4 nitrogen and oxygen atoms in total. The second-order valence-electron chi connectivity index (χ2n) is 4.83. The molecule has 0 saturated carbocycles. The summed E-state index contributed by atoms with van der Waals surface area (Å²) in [6.07, 6.45) is 0. The SMILES string of the molecule is Cc1ccc(-c2oc(-c3ccccc3)nc2C(=O)O)cc1F. The number of oxazole rings is 1. The van der Waals surface area contributed by atoms with Gasteiger partial charge >= 0.3 is 5.97 Å². The van der Waals surface area contributed by atoms with Crippen LogP contribution in [0.1, 0.15) is 16.1 Å². The maximum atomic E-state index is 13.7. The van der Waals surface area contributed by atoms with Gasteiger partial charge in [-0.3, -0.25) is 0 Å². The second-order valence-corrected chi connectivity index (χ2v) is 4.83. The average Bonchev–Trinajstić information content (AvgIpc) is 2.96. The van der Waals surface area contributed by atoms with E-state index in [0.717, 1.165) is 0 Å². The quantitative estimate of drug-likeness (QED) is 0.788. The molecular weight excluding hydrogens is 285 g/mol. The minimum Gasteiger partial charge on any atom is -0.476 e. The van der Waals surface area contributed by atoms with Gasteiger partial charge in [0.15, 0.2) is 11.5 Å². The molecule has 0 amide bonds. The largest absolute Gasteiger partial charge is 0.476 e. The fourth-order valence-electron chi connectivity index (χ4n) is 2.10. The van der Waals surface area contributed by atoms with Gasteiger partial charge < -0.3 is 9.52 Å². The van der Waals surface area contributed by atoms with E-state index in [1.54, 1.807) is 43.3 Å². The number of halogens is 1. The van der Waals surface area contributed by atoms with Crippen molar-refractivity contribution < 1.29 is 18.7 Å². The van der Waals surface area contributed by atoms with Gasteiger partial charge in [-0.15, -0.1) is 0 Å².